The predicted octanol–water partition coefficient (Wildman–Crippen LogP) is 2.35. The number of anilines is 1. The number of thioether (sulfide) groups is 1. The van der Waals surface area contributed by atoms with Gasteiger partial charge in [-0.25, -0.2) is 4.98 Å². The van der Waals surface area contributed by atoms with Crippen molar-refractivity contribution in [2.45, 2.75) is 23.4 Å². The SMILES string of the molecule is CCNc1nc(CI)nc(SCC)n1. The highest BCUT2D eigenvalue weighted by Gasteiger charge is 2.04. The Morgan fingerprint density at radius 1 is 1.29 bits per heavy atom. The van der Waals surface area contributed by atoms with Gasteiger partial charge in [-0.1, -0.05) is 41.3 Å². The molecule has 1 heterocycles. The van der Waals surface area contributed by atoms with E-state index in [-0.39, 0.29) is 0 Å². The van der Waals surface area contributed by atoms with E-state index >= 15 is 0 Å². The molecule has 4 nitrogen and oxygen atoms in total. The molecule has 0 aromatic carbocycles. The summed E-state index contributed by atoms with van der Waals surface area (Å²) in [4.78, 5) is 12.9. The van der Waals surface area contributed by atoms with Crippen LogP contribution in [-0.4, -0.2) is 27.2 Å². The van der Waals surface area contributed by atoms with E-state index in [0.717, 1.165) is 27.7 Å². The molecule has 1 aromatic heterocycles. The van der Waals surface area contributed by atoms with Gasteiger partial charge in [-0.05, 0) is 12.7 Å². The second kappa shape index (κ2) is 6.39. The molecule has 0 saturated carbocycles. The van der Waals surface area contributed by atoms with Crippen molar-refractivity contribution in [3.63, 3.8) is 0 Å². The standard InChI is InChI=1S/C8H13IN4S/c1-3-10-7-11-6(5-9)12-8(13-7)14-4-2/h3-5H2,1-2H3,(H,10,11,12,13). The zero-order valence-corrected chi connectivity index (χ0v) is 11.2. The minimum Gasteiger partial charge on any atom is -0.354 e. The van der Waals surface area contributed by atoms with E-state index in [4.69, 9.17) is 0 Å². The molecule has 0 unspecified atom stereocenters. The van der Waals surface area contributed by atoms with Crippen LogP contribution in [0.5, 0.6) is 0 Å². The molecule has 1 aromatic rings. The van der Waals surface area contributed by atoms with Crippen LogP contribution in [0.15, 0.2) is 5.16 Å². The number of aromatic nitrogens is 3. The quantitative estimate of drug-likeness (QED) is 0.512. The maximum absolute atomic E-state index is 4.32. The van der Waals surface area contributed by atoms with Crippen molar-refractivity contribution in [2.75, 3.05) is 17.6 Å². The lowest BCUT2D eigenvalue weighted by Gasteiger charge is -2.04. The van der Waals surface area contributed by atoms with Crippen LogP contribution in [0, 0.1) is 0 Å². The van der Waals surface area contributed by atoms with Gasteiger partial charge >= 0.3 is 0 Å². The van der Waals surface area contributed by atoms with Gasteiger partial charge in [-0.15, -0.1) is 0 Å². The molecule has 1 N–H and O–H groups in total. The molecule has 0 radical (unpaired) electrons. The van der Waals surface area contributed by atoms with E-state index < -0.39 is 0 Å². The van der Waals surface area contributed by atoms with Crippen molar-refractivity contribution in [3.8, 4) is 0 Å². The summed E-state index contributed by atoms with van der Waals surface area (Å²) in [5, 5.41) is 3.91. The summed E-state index contributed by atoms with van der Waals surface area (Å²) in [6.45, 7) is 4.95. The van der Waals surface area contributed by atoms with Crippen molar-refractivity contribution in [3.05, 3.63) is 5.82 Å². The van der Waals surface area contributed by atoms with Crippen LogP contribution in [0.1, 0.15) is 19.7 Å². The molecule has 0 aliphatic rings. The predicted molar refractivity (Wildman–Crippen MR) is 68.1 cm³/mol. The van der Waals surface area contributed by atoms with Crippen LogP contribution in [0.3, 0.4) is 0 Å². The lowest BCUT2D eigenvalue weighted by molar-refractivity contribution is 0.855. The third kappa shape index (κ3) is 3.56. The van der Waals surface area contributed by atoms with Crippen molar-refractivity contribution in [1.29, 1.82) is 0 Å². The van der Waals surface area contributed by atoms with E-state index in [0.29, 0.717) is 5.95 Å². The summed E-state index contributed by atoms with van der Waals surface area (Å²) in [5.74, 6) is 2.51. The van der Waals surface area contributed by atoms with Crippen LogP contribution in [-0.2, 0) is 4.43 Å². The van der Waals surface area contributed by atoms with Gasteiger partial charge in [0, 0.05) is 6.54 Å². The van der Waals surface area contributed by atoms with E-state index in [1.165, 1.54) is 0 Å². The molecule has 78 valence electrons. The fraction of sp³-hybridized carbons (Fsp3) is 0.625. The fourth-order valence-electron chi connectivity index (χ4n) is 0.889. The normalized spacial score (nSPS) is 10.2. The largest absolute Gasteiger partial charge is 0.354 e. The second-order valence-corrected chi connectivity index (χ2v) is 4.45. The first kappa shape index (κ1) is 12.0. The Morgan fingerprint density at radius 2 is 2.07 bits per heavy atom. The molecule has 6 heteroatoms. The monoisotopic (exact) mass is 324 g/mol. The van der Waals surface area contributed by atoms with Crippen molar-refractivity contribution in [1.82, 2.24) is 15.0 Å². The molecule has 0 saturated heterocycles. The third-order valence-electron chi connectivity index (χ3n) is 1.39. The van der Waals surface area contributed by atoms with Gasteiger partial charge in [0.25, 0.3) is 0 Å². The van der Waals surface area contributed by atoms with E-state index in [9.17, 15) is 0 Å². The molecular weight excluding hydrogens is 311 g/mol. The molecule has 0 aliphatic carbocycles. The molecular formula is C8H13IN4S. The zero-order chi connectivity index (χ0) is 10.4. The van der Waals surface area contributed by atoms with Gasteiger partial charge in [-0.2, -0.15) is 9.97 Å². The minimum absolute atomic E-state index is 0.685. The molecule has 0 amide bonds. The number of nitrogens with one attached hydrogen (secondary N) is 1. The Morgan fingerprint density at radius 3 is 2.64 bits per heavy atom. The molecule has 0 bridgehead atoms. The number of rotatable bonds is 5. The fourth-order valence-corrected chi connectivity index (χ4v) is 1.81. The number of hydrogen-bond acceptors (Lipinski definition) is 5. The number of nitrogens with zero attached hydrogens (tertiary/aromatic N) is 3. The highest BCUT2D eigenvalue weighted by atomic mass is 127. The average molecular weight is 324 g/mol. The first-order valence-corrected chi connectivity index (χ1v) is 6.98. The average Bonchev–Trinajstić information content (AvgIpc) is 2.18. The van der Waals surface area contributed by atoms with Gasteiger partial charge in [0.05, 0.1) is 4.43 Å². The number of hydrogen-bond donors (Lipinski definition) is 1. The topological polar surface area (TPSA) is 50.7 Å². The first-order chi connectivity index (χ1) is 6.80. The maximum atomic E-state index is 4.32. The Balaban J connectivity index is 2.88. The minimum atomic E-state index is 0.685. The Bertz CT molecular complexity index is 270. The Kier molecular flexibility index (Phi) is 5.46. The van der Waals surface area contributed by atoms with Crippen LogP contribution in [0.2, 0.25) is 0 Å². The smallest absolute Gasteiger partial charge is 0.226 e. The molecule has 14 heavy (non-hydrogen) atoms. The van der Waals surface area contributed by atoms with Crippen LogP contribution in [0.4, 0.5) is 5.95 Å². The van der Waals surface area contributed by atoms with Crippen molar-refractivity contribution in [2.24, 2.45) is 0 Å². The molecule has 1 rings (SSSR count). The Hall–Kier alpha value is -0.110. The van der Waals surface area contributed by atoms with E-state index in [1.54, 1.807) is 11.8 Å². The molecule has 0 fully saturated rings. The highest BCUT2D eigenvalue weighted by molar-refractivity contribution is 14.1. The van der Waals surface area contributed by atoms with Gasteiger partial charge in [0.2, 0.25) is 5.95 Å². The molecule has 0 atom stereocenters. The van der Waals surface area contributed by atoms with Crippen LogP contribution in [0.25, 0.3) is 0 Å². The van der Waals surface area contributed by atoms with E-state index in [1.807, 2.05) is 6.92 Å². The molecule has 0 aliphatic heterocycles. The summed E-state index contributed by atoms with van der Waals surface area (Å²) in [7, 11) is 0. The van der Waals surface area contributed by atoms with E-state index in [2.05, 4.69) is 49.8 Å². The first-order valence-electron chi connectivity index (χ1n) is 4.47. The summed E-state index contributed by atoms with van der Waals surface area (Å²) >= 11 is 3.89. The number of alkyl halides is 1. The summed E-state index contributed by atoms with van der Waals surface area (Å²) < 4.78 is 0.815. The zero-order valence-electron chi connectivity index (χ0n) is 8.25. The van der Waals surface area contributed by atoms with Gasteiger partial charge in [0.15, 0.2) is 5.16 Å². The van der Waals surface area contributed by atoms with Crippen molar-refractivity contribution < 1.29 is 0 Å². The summed E-state index contributed by atoms with van der Waals surface area (Å²) in [6.07, 6.45) is 0. The van der Waals surface area contributed by atoms with Gasteiger partial charge in [0.1, 0.15) is 5.82 Å². The van der Waals surface area contributed by atoms with Crippen LogP contribution >= 0.6 is 34.4 Å². The lowest BCUT2D eigenvalue weighted by Crippen LogP contribution is -2.06. The third-order valence-corrected chi connectivity index (χ3v) is 2.80. The van der Waals surface area contributed by atoms with Gasteiger partial charge in [-0.3, -0.25) is 0 Å². The maximum Gasteiger partial charge on any atom is 0.226 e. The summed E-state index contributed by atoms with van der Waals surface area (Å²) in [5.41, 5.74) is 0. The molecule has 0 spiro atoms. The van der Waals surface area contributed by atoms with Crippen LogP contribution < -0.4 is 5.32 Å². The van der Waals surface area contributed by atoms with Gasteiger partial charge < -0.3 is 5.32 Å². The lowest BCUT2D eigenvalue weighted by atomic mass is 10.7. The summed E-state index contributed by atoms with van der Waals surface area (Å²) in [6, 6.07) is 0. The number of halogens is 1. The van der Waals surface area contributed by atoms with Crippen molar-refractivity contribution >= 4 is 40.3 Å². The highest BCUT2D eigenvalue weighted by Crippen LogP contribution is 2.14. The Labute approximate surface area is 102 Å². The second-order valence-electron chi connectivity index (χ2n) is 2.45.